The number of carbonyl (C=O) groups excluding carboxylic acids is 3. The Kier molecular flexibility index (Phi) is 4.84. The zero-order valence-corrected chi connectivity index (χ0v) is 14.2. The topological polar surface area (TPSA) is 81.7 Å². The van der Waals surface area contributed by atoms with E-state index in [1.54, 1.807) is 37.5 Å². The zero-order chi connectivity index (χ0) is 18.7. The first-order chi connectivity index (χ1) is 12.5. The lowest BCUT2D eigenvalue weighted by Gasteiger charge is -2.10. The molecule has 1 aliphatic rings. The third kappa shape index (κ3) is 3.35. The Morgan fingerprint density at radius 3 is 2.73 bits per heavy atom. The Balaban J connectivity index is 1.69. The van der Waals surface area contributed by atoms with Crippen molar-refractivity contribution in [3.05, 3.63) is 70.8 Å². The van der Waals surface area contributed by atoms with Crippen molar-refractivity contribution >= 4 is 23.9 Å². The Bertz CT molecular complexity index is 916. The van der Waals surface area contributed by atoms with Gasteiger partial charge in [0.1, 0.15) is 12.4 Å². The van der Waals surface area contributed by atoms with Crippen molar-refractivity contribution in [2.24, 2.45) is 0 Å². The van der Waals surface area contributed by atoms with E-state index in [0.29, 0.717) is 11.3 Å². The maximum Gasteiger partial charge on any atom is 0.310 e. The van der Waals surface area contributed by atoms with Crippen molar-refractivity contribution in [1.82, 2.24) is 5.32 Å². The monoisotopic (exact) mass is 351 g/mol. The van der Waals surface area contributed by atoms with E-state index in [1.807, 2.05) is 12.1 Å². The van der Waals surface area contributed by atoms with E-state index in [0.717, 1.165) is 11.1 Å². The number of ether oxygens (including phenoxy) is 2. The van der Waals surface area contributed by atoms with Crippen molar-refractivity contribution in [1.29, 1.82) is 0 Å². The molecule has 1 heterocycles. The molecule has 26 heavy (non-hydrogen) atoms. The fourth-order valence-electron chi connectivity index (χ4n) is 2.82. The van der Waals surface area contributed by atoms with Crippen molar-refractivity contribution in [2.75, 3.05) is 7.11 Å². The van der Waals surface area contributed by atoms with Crippen LogP contribution in [0.15, 0.2) is 43.0 Å². The van der Waals surface area contributed by atoms with Crippen molar-refractivity contribution < 1.29 is 23.9 Å². The third-order valence-electron chi connectivity index (χ3n) is 4.10. The number of hydrogen-bond donors (Lipinski definition) is 1. The van der Waals surface area contributed by atoms with Gasteiger partial charge in [0.05, 0.1) is 24.7 Å². The second-order valence-corrected chi connectivity index (χ2v) is 5.74. The van der Waals surface area contributed by atoms with E-state index in [2.05, 4.69) is 11.9 Å². The van der Waals surface area contributed by atoms with Gasteiger partial charge < -0.3 is 9.47 Å². The van der Waals surface area contributed by atoms with Crippen LogP contribution in [-0.4, -0.2) is 24.9 Å². The van der Waals surface area contributed by atoms with E-state index in [9.17, 15) is 14.4 Å². The molecule has 1 N–H and O–H groups in total. The molecule has 3 rings (SSSR count). The molecule has 0 saturated heterocycles. The summed E-state index contributed by atoms with van der Waals surface area (Å²) in [6.07, 6.45) is 1.59. The second kappa shape index (κ2) is 7.23. The van der Waals surface area contributed by atoms with E-state index < -0.39 is 17.8 Å². The highest BCUT2D eigenvalue weighted by atomic mass is 16.5. The fourth-order valence-corrected chi connectivity index (χ4v) is 2.82. The van der Waals surface area contributed by atoms with Crippen LogP contribution in [0.4, 0.5) is 0 Å². The highest BCUT2D eigenvalue weighted by Crippen LogP contribution is 2.23. The van der Waals surface area contributed by atoms with Crippen LogP contribution in [0.3, 0.4) is 0 Å². The SMILES string of the molecule is C=Cc1ccc(COC(=O)Cc2cccc3c2C(=O)NC3=O)cc1OC. The van der Waals surface area contributed by atoms with Gasteiger partial charge in [0.15, 0.2) is 0 Å². The molecule has 0 saturated carbocycles. The normalized spacial score (nSPS) is 12.3. The molecule has 2 aromatic rings. The molecule has 0 unspecified atom stereocenters. The van der Waals surface area contributed by atoms with E-state index in [-0.39, 0.29) is 24.2 Å². The first-order valence-electron chi connectivity index (χ1n) is 7.96. The summed E-state index contributed by atoms with van der Waals surface area (Å²) in [5, 5.41) is 2.23. The number of nitrogens with one attached hydrogen (secondary N) is 1. The number of rotatable bonds is 6. The first kappa shape index (κ1) is 17.4. The van der Waals surface area contributed by atoms with Crippen LogP contribution in [0.25, 0.3) is 6.08 Å². The quantitative estimate of drug-likeness (QED) is 0.639. The van der Waals surface area contributed by atoms with Crippen molar-refractivity contribution in [2.45, 2.75) is 13.0 Å². The number of amides is 2. The van der Waals surface area contributed by atoms with Crippen LogP contribution in [0.1, 0.15) is 37.4 Å². The lowest BCUT2D eigenvalue weighted by atomic mass is 10.0. The summed E-state index contributed by atoms with van der Waals surface area (Å²) in [5.41, 5.74) is 2.61. The van der Waals surface area contributed by atoms with Gasteiger partial charge in [0.2, 0.25) is 0 Å². The van der Waals surface area contributed by atoms with Gasteiger partial charge in [-0.15, -0.1) is 0 Å². The zero-order valence-electron chi connectivity index (χ0n) is 14.2. The maximum atomic E-state index is 12.2. The van der Waals surface area contributed by atoms with E-state index in [4.69, 9.17) is 9.47 Å². The second-order valence-electron chi connectivity index (χ2n) is 5.74. The molecule has 0 fully saturated rings. The molecule has 6 nitrogen and oxygen atoms in total. The molecule has 0 aliphatic carbocycles. The Morgan fingerprint density at radius 1 is 1.19 bits per heavy atom. The largest absolute Gasteiger partial charge is 0.496 e. The predicted molar refractivity (Wildman–Crippen MR) is 94.8 cm³/mol. The maximum absolute atomic E-state index is 12.2. The molecule has 0 radical (unpaired) electrons. The van der Waals surface area contributed by atoms with Crippen LogP contribution < -0.4 is 10.1 Å². The van der Waals surface area contributed by atoms with Gasteiger partial charge in [-0.25, -0.2) is 0 Å². The molecule has 132 valence electrons. The number of imide groups is 1. The van der Waals surface area contributed by atoms with Crippen LogP contribution in [0.5, 0.6) is 5.75 Å². The lowest BCUT2D eigenvalue weighted by Crippen LogP contribution is -2.20. The third-order valence-corrected chi connectivity index (χ3v) is 4.10. The number of esters is 1. The Morgan fingerprint density at radius 2 is 2.00 bits per heavy atom. The molecule has 2 amide bonds. The van der Waals surface area contributed by atoms with Crippen LogP contribution >= 0.6 is 0 Å². The van der Waals surface area contributed by atoms with Gasteiger partial charge in [-0.05, 0) is 23.3 Å². The van der Waals surface area contributed by atoms with Crippen LogP contribution in [0.2, 0.25) is 0 Å². The molecule has 0 bridgehead atoms. The summed E-state index contributed by atoms with van der Waals surface area (Å²) in [5.74, 6) is -0.783. The summed E-state index contributed by atoms with van der Waals surface area (Å²) >= 11 is 0. The number of carbonyl (C=O) groups is 3. The lowest BCUT2D eigenvalue weighted by molar-refractivity contribution is -0.144. The highest BCUT2D eigenvalue weighted by Gasteiger charge is 2.29. The molecule has 6 heteroatoms. The number of hydrogen-bond acceptors (Lipinski definition) is 5. The summed E-state index contributed by atoms with van der Waals surface area (Å²) in [7, 11) is 1.56. The van der Waals surface area contributed by atoms with Crippen LogP contribution in [0, 0.1) is 0 Å². The fraction of sp³-hybridized carbons (Fsp3) is 0.150. The summed E-state index contributed by atoms with van der Waals surface area (Å²) in [4.78, 5) is 35.7. The van der Waals surface area contributed by atoms with Crippen molar-refractivity contribution in [3.63, 3.8) is 0 Å². The standard InChI is InChI=1S/C20H17NO5/c1-3-13-8-7-12(9-16(13)25-2)11-26-17(22)10-14-5-4-6-15-18(14)20(24)21-19(15)23/h3-9H,1,10-11H2,2H3,(H,21,23,24). The molecule has 0 aromatic heterocycles. The average molecular weight is 351 g/mol. The molecule has 2 aromatic carbocycles. The number of methoxy groups -OCH3 is 1. The minimum atomic E-state index is -0.489. The molecule has 0 spiro atoms. The van der Waals surface area contributed by atoms with E-state index >= 15 is 0 Å². The minimum Gasteiger partial charge on any atom is -0.496 e. The molecule has 0 atom stereocenters. The Hall–Kier alpha value is -3.41. The summed E-state index contributed by atoms with van der Waals surface area (Å²) < 4.78 is 10.6. The summed E-state index contributed by atoms with van der Waals surface area (Å²) in [6, 6.07) is 10.3. The van der Waals surface area contributed by atoms with Gasteiger partial charge in [-0.3, -0.25) is 19.7 Å². The minimum absolute atomic E-state index is 0.0762. The van der Waals surface area contributed by atoms with Gasteiger partial charge in [-0.2, -0.15) is 0 Å². The smallest absolute Gasteiger partial charge is 0.310 e. The highest BCUT2D eigenvalue weighted by molar-refractivity contribution is 6.22. The van der Waals surface area contributed by atoms with Crippen molar-refractivity contribution in [3.8, 4) is 5.75 Å². The molecular formula is C20H17NO5. The van der Waals surface area contributed by atoms with Gasteiger partial charge >= 0.3 is 5.97 Å². The molecule has 1 aliphatic heterocycles. The van der Waals surface area contributed by atoms with Gasteiger partial charge in [0.25, 0.3) is 11.8 Å². The predicted octanol–water partition coefficient (Wildman–Crippen LogP) is 2.51. The van der Waals surface area contributed by atoms with Crippen LogP contribution in [-0.2, 0) is 22.6 Å². The summed E-state index contributed by atoms with van der Waals surface area (Å²) in [6.45, 7) is 3.78. The van der Waals surface area contributed by atoms with Gasteiger partial charge in [-0.1, -0.05) is 36.9 Å². The number of fused-ring (bicyclic) bond motifs is 1. The van der Waals surface area contributed by atoms with Gasteiger partial charge in [0, 0.05) is 5.56 Å². The first-order valence-corrected chi connectivity index (χ1v) is 7.96. The number of benzene rings is 2. The molecular weight excluding hydrogens is 334 g/mol. The Labute approximate surface area is 150 Å². The van der Waals surface area contributed by atoms with E-state index in [1.165, 1.54) is 0 Å². The average Bonchev–Trinajstić information content (AvgIpc) is 2.94.